The van der Waals surface area contributed by atoms with Crippen molar-refractivity contribution in [3.05, 3.63) is 69.6 Å². The number of aryl methyl sites for hydroxylation is 3. The Morgan fingerprint density at radius 3 is 2.50 bits per heavy atom. The first kappa shape index (κ1) is 15.9. The highest BCUT2D eigenvalue weighted by Crippen LogP contribution is 2.19. The van der Waals surface area contributed by atoms with E-state index in [2.05, 4.69) is 10.4 Å². The Labute approximate surface area is 139 Å². The lowest BCUT2D eigenvalue weighted by molar-refractivity contribution is 0.102. The van der Waals surface area contributed by atoms with Crippen LogP contribution in [-0.4, -0.2) is 15.7 Å². The van der Waals surface area contributed by atoms with Gasteiger partial charge in [-0.1, -0.05) is 35.9 Å². The smallest absolute Gasteiger partial charge is 0.276 e. The van der Waals surface area contributed by atoms with E-state index in [1.54, 1.807) is 24.3 Å². The van der Waals surface area contributed by atoms with E-state index in [0.29, 0.717) is 17.3 Å². The second kappa shape index (κ2) is 6.28. The van der Waals surface area contributed by atoms with Crippen LogP contribution >= 0.6 is 0 Å². The molecule has 3 aromatic rings. The Bertz CT molecular complexity index is 990. The molecule has 5 heteroatoms. The van der Waals surface area contributed by atoms with Gasteiger partial charge in [-0.25, -0.2) is 4.68 Å². The minimum atomic E-state index is -0.319. The summed E-state index contributed by atoms with van der Waals surface area (Å²) in [6, 6.07) is 12.9. The van der Waals surface area contributed by atoms with Gasteiger partial charge in [0.15, 0.2) is 5.69 Å². The molecule has 0 aliphatic rings. The Hall–Kier alpha value is -2.95. The second-order valence-electron chi connectivity index (χ2n) is 5.79. The monoisotopic (exact) mass is 321 g/mol. The summed E-state index contributed by atoms with van der Waals surface area (Å²) >= 11 is 0. The van der Waals surface area contributed by atoms with Crippen LogP contribution in [0.1, 0.15) is 28.5 Å². The van der Waals surface area contributed by atoms with Crippen LogP contribution in [0.4, 0.5) is 5.69 Å². The Morgan fingerprint density at radius 1 is 1.12 bits per heavy atom. The molecule has 0 saturated heterocycles. The number of rotatable bonds is 3. The lowest BCUT2D eigenvalue weighted by Crippen LogP contribution is -2.27. The van der Waals surface area contributed by atoms with Crippen molar-refractivity contribution in [3.8, 4) is 0 Å². The number of fused-ring (bicyclic) bond motifs is 1. The number of benzene rings is 2. The quantitative estimate of drug-likeness (QED) is 0.805. The number of aromatic nitrogens is 2. The summed E-state index contributed by atoms with van der Waals surface area (Å²) in [6.45, 7) is 6.19. The molecule has 5 nitrogen and oxygen atoms in total. The van der Waals surface area contributed by atoms with Crippen molar-refractivity contribution in [1.29, 1.82) is 0 Å². The third-order valence-electron chi connectivity index (χ3n) is 4.01. The molecule has 0 radical (unpaired) electrons. The second-order valence-corrected chi connectivity index (χ2v) is 5.79. The molecular weight excluding hydrogens is 302 g/mol. The van der Waals surface area contributed by atoms with Gasteiger partial charge in [0.25, 0.3) is 11.5 Å². The molecule has 0 bridgehead atoms. The van der Waals surface area contributed by atoms with Crippen LogP contribution < -0.4 is 10.9 Å². The van der Waals surface area contributed by atoms with Crippen LogP contribution in [-0.2, 0) is 6.54 Å². The van der Waals surface area contributed by atoms with Gasteiger partial charge in [0.05, 0.1) is 5.39 Å². The van der Waals surface area contributed by atoms with Gasteiger partial charge in [0.2, 0.25) is 0 Å². The maximum Gasteiger partial charge on any atom is 0.276 e. The van der Waals surface area contributed by atoms with E-state index in [1.807, 2.05) is 39.0 Å². The number of hydrogen-bond donors (Lipinski definition) is 1. The van der Waals surface area contributed by atoms with Crippen molar-refractivity contribution in [2.24, 2.45) is 0 Å². The molecule has 1 amide bonds. The Balaban J connectivity index is 2.10. The summed E-state index contributed by atoms with van der Waals surface area (Å²) in [6.07, 6.45) is 0. The van der Waals surface area contributed by atoms with E-state index in [4.69, 9.17) is 0 Å². The van der Waals surface area contributed by atoms with E-state index >= 15 is 0 Å². The van der Waals surface area contributed by atoms with E-state index in [9.17, 15) is 9.59 Å². The van der Waals surface area contributed by atoms with Gasteiger partial charge in [0, 0.05) is 17.6 Å². The summed E-state index contributed by atoms with van der Waals surface area (Å²) < 4.78 is 1.32. The maximum atomic E-state index is 12.8. The highest BCUT2D eigenvalue weighted by atomic mass is 16.2. The van der Waals surface area contributed by atoms with Crippen molar-refractivity contribution in [2.75, 3.05) is 5.32 Å². The van der Waals surface area contributed by atoms with Crippen molar-refractivity contribution in [1.82, 2.24) is 9.78 Å². The fraction of sp³-hybridized carbons (Fsp3) is 0.211. The first-order valence-corrected chi connectivity index (χ1v) is 7.89. The summed E-state index contributed by atoms with van der Waals surface area (Å²) in [7, 11) is 0. The molecule has 0 saturated carbocycles. The van der Waals surface area contributed by atoms with Crippen molar-refractivity contribution < 1.29 is 4.79 Å². The van der Waals surface area contributed by atoms with Crippen LogP contribution in [0.15, 0.2) is 47.3 Å². The average Bonchev–Trinajstić information content (AvgIpc) is 2.58. The standard InChI is InChI=1S/C19H19N3O2/c1-4-22-19(24)15-8-6-5-7-14(15)17(21-22)18(23)20-16-10-9-12(2)11-13(16)3/h5-11H,4H2,1-3H3,(H,20,23). The SMILES string of the molecule is CCn1nc(C(=O)Nc2ccc(C)cc2C)c2ccccc2c1=O. The molecule has 1 aromatic heterocycles. The van der Waals surface area contributed by atoms with E-state index < -0.39 is 0 Å². The maximum absolute atomic E-state index is 12.8. The van der Waals surface area contributed by atoms with Crippen molar-refractivity contribution in [3.63, 3.8) is 0 Å². The third kappa shape index (κ3) is 2.80. The molecular formula is C19H19N3O2. The zero-order valence-electron chi connectivity index (χ0n) is 14.0. The molecule has 2 aromatic carbocycles. The van der Waals surface area contributed by atoms with E-state index in [0.717, 1.165) is 16.8 Å². The normalized spacial score (nSPS) is 10.8. The number of nitrogens with one attached hydrogen (secondary N) is 1. The lowest BCUT2D eigenvalue weighted by Gasteiger charge is -2.12. The molecule has 1 N–H and O–H groups in total. The summed E-state index contributed by atoms with van der Waals surface area (Å²) in [5.41, 5.74) is 2.93. The summed E-state index contributed by atoms with van der Waals surface area (Å²) in [5, 5.41) is 8.22. The first-order chi connectivity index (χ1) is 11.5. The number of hydrogen-bond acceptors (Lipinski definition) is 3. The molecule has 0 spiro atoms. The Kier molecular flexibility index (Phi) is 4.16. The van der Waals surface area contributed by atoms with Crippen molar-refractivity contribution in [2.45, 2.75) is 27.3 Å². The number of carbonyl (C=O) groups is 1. The predicted octanol–water partition coefficient (Wildman–Crippen LogP) is 3.29. The van der Waals surface area contributed by atoms with Crippen LogP contribution in [0.25, 0.3) is 10.8 Å². The van der Waals surface area contributed by atoms with Crippen LogP contribution in [0.5, 0.6) is 0 Å². The van der Waals surface area contributed by atoms with Gasteiger partial charge >= 0.3 is 0 Å². The molecule has 0 aliphatic heterocycles. The average molecular weight is 321 g/mol. The van der Waals surface area contributed by atoms with Gasteiger partial charge < -0.3 is 5.32 Å². The molecule has 0 aliphatic carbocycles. The number of anilines is 1. The van der Waals surface area contributed by atoms with Gasteiger partial charge in [-0.05, 0) is 38.5 Å². The van der Waals surface area contributed by atoms with Gasteiger partial charge in [-0.3, -0.25) is 9.59 Å². The molecule has 0 atom stereocenters. The van der Waals surface area contributed by atoms with Crippen LogP contribution in [0.2, 0.25) is 0 Å². The zero-order chi connectivity index (χ0) is 17.3. The molecule has 122 valence electrons. The molecule has 24 heavy (non-hydrogen) atoms. The topological polar surface area (TPSA) is 64.0 Å². The van der Waals surface area contributed by atoms with Gasteiger partial charge in [-0.2, -0.15) is 5.10 Å². The highest BCUT2D eigenvalue weighted by Gasteiger charge is 2.16. The zero-order valence-corrected chi connectivity index (χ0v) is 14.0. The fourth-order valence-electron chi connectivity index (χ4n) is 2.75. The van der Waals surface area contributed by atoms with E-state index in [-0.39, 0.29) is 17.2 Å². The number of carbonyl (C=O) groups excluding carboxylic acids is 1. The summed E-state index contributed by atoms with van der Waals surface area (Å²) in [5.74, 6) is -0.319. The lowest BCUT2D eigenvalue weighted by atomic mass is 10.1. The molecule has 1 heterocycles. The van der Waals surface area contributed by atoms with Gasteiger partial charge in [-0.15, -0.1) is 0 Å². The molecule has 3 rings (SSSR count). The minimum absolute atomic E-state index is 0.184. The minimum Gasteiger partial charge on any atom is -0.320 e. The predicted molar refractivity (Wildman–Crippen MR) is 95.5 cm³/mol. The molecule has 0 fully saturated rings. The van der Waals surface area contributed by atoms with Crippen LogP contribution in [0, 0.1) is 13.8 Å². The number of nitrogens with zero attached hydrogens (tertiary/aromatic N) is 2. The number of amides is 1. The first-order valence-electron chi connectivity index (χ1n) is 7.89. The van der Waals surface area contributed by atoms with E-state index in [1.165, 1.54) is 4.68 Å². The fourth-order valence-corrected chi connectivity index (χ4v) is 2.75. The van der Waals surface area contributed by atoms with Gasteiger partial charge in [0.1, 0.15) is 0 Å². The highest BCUT2D eigenvalue weighted by molar-refractivity contribution is 6.11. The molecule has 0 unspecified atom stereocenters. The summed E-state index contributed by atoms with van der Waals surface area (Å²) in [4.78, 5) is 25.1. The largest absolute Gasteiger partial charge is 0.320 e. The van der Waals surface area contributed by atoms with Crippen LogP contribution in [0.3, 0.4) is 0 Å². The Morgan fingerprint density at radius 2 is 1.83 bits per heavy atom. The third-order valence-corrected chi connectivity index (χ3v) is 4.01. The van der Waals surface area contributed by atoms with Crippen molar-refractivity contribution >= 4 is 22.4 Å².